The van der Waals surface area contributed by atoms with Crippen molar-refractivity contribution in [3.63, 3.8) is 0 Å². The molecular weight excluding hydrogens is 324 g/mol. The molecule has 0 heterocycles. The maximum absolute atomic E-state index is 11.6. The Kier molecular flexibility index (Phi) is 4.64. The van der Waals surface area contributed by atoms with Gasteiger partial charge < -0.3 is 10.2 Å². The van der Waals surface area contributed by atoms with E-state index in [0.29, 0.717) is 11.5 Å². The average molecular weight is 354 g/mol. The fraction of sp³-hybridized carbons (Fsp3) is 0.522. The van der Waals surface area contributed by atoms with Gasteiger partial charge in [0.25, 0.3) is 0 Å². The lowest BCUT2D eigenvalue weighted by molar-refractivity contribution is 0.0693. The summed E-state index contributed by atoms with van der Waals surface area (Å²) >= 11 is 0. The summed E-state index contributed by atoms with van der Waals surface area (Å²) in [7, 11) is 0. The molecular formula is C23H30O3. The maximum atomic E-state index is 11.6. The number of aliphatic hydroxyl groups is 1. The van der Waals surface area contributed by atoms with E-state index in [1.165, 1.54) is 11.1 Å². The van der Waals surface area contributed by atoms with Crippen LogP contribution in [0.1, 0.15) is 74.9 Å². The van der Waals surface area contributed by atoms with Gasteiger partial charge in [0.15, 0.2) is 0 Å². The third kappa shape index (κ3) is 3.03. The van der Waals surface area contributed by atoms with Gasteiger partial charge in [-0.2, -0.15) is 0 Å². The number of hydrogen-bond donors (Lipinski definition) is 2. The summed E-state index contributed by atoms with van der Waals surface area (Å²) in [6.07, 6.45) is 6.60. The minimum atomic E-state index is -0.971. The molecule has 3 rings (SSSR count). The van der Waals surface area contributed by atoms with Crippen LogP contribution in [0, 0.1) is 16.7 Å². The third-order valence-electron chi connectivity index (χ3n) is 6.47. The van der Waals surface area contributed by atoms with Gasteiger partial charge in [0.1, 0.15) is 0 Å². The van der Waals surface area contributed by atoms with Crippen LogP contribution in [0.2, 0.25) is 0 Å². The summed E-state index contributed by atoms with van der Waals surface area (Å²) < 4.78 is 0. The molecule has 0 bridgehead atoms. The Hall–Kier alpha value is -1.87. The molecule has 3 heteroatoms. The summed E-state index contributed by atoms with van der Waals surface area (Å²) in [4.78, 5) is 11.6. The van der Waals surface area contributed by atoms with E-state index in [1.807, 2.05) is 12.1 Å². The van der Waals surface area contributed by atoms with E-state index in [0.717, 1.165) is 18.4 Å². The summed E-state index contributed by atoms with van der Waals surface area (Å²) in [6.45, 7) is 11.1. The molecule has 3 nitrogen and oxygen atoms in total. The van der Waals surface area contributed by atoms with Gasteiger partial charge in [-0.3, -0.25) is 0 Å². The van der Waals surface area contributed by atoms with E-state index in [2.05, 4.69) is 46.8 Å². The van der Waals surface area contributed by atoms with E-state index in [4.69, 9.17) is 0 Å². The first-order valence-electron chi connectivity index (χ1n) is 9.48. The number of rotatable bonds is 3. The molecule has 140 valence electrons. The van der Waals surface area contributed by atoms with Crippen molar-refractivity contribution in [3.8, 4) is 0 Å². The second-order valence-electron chi connectivity index (χ2n) is 9.06. The van der Waals surface area contributed by atoms with Crippen LogP contribution in [0.3, 0.4) is 0 Å². The molecule has 2 aliphatic carbocycles. The molecule has 1 aromatic rings. The summed E-state index contributed by atoms with van der Waals surface area (Å²) in [5.74, 6) is -0.331. The fourth-order valence-electron chi connectivity index (χ4n) is 4.80. The summed E-state index contributed by atoms with van der Waals surface area (Å²) in [6, 6.07) is 5.40. The highest BCUT2D eigenvalue weighted by atomic mass is 16.4. The second-order valence-corrected chi connectivity index (χ2v) is 9.06. The molecule has 2 atom stereocenters. The van der Waals surface area contributed by atoms with E-state index >= 15 is 0 Å². The quantitative estimate of drug-likeness (QED) is 0.723. The Morgan fingerprint density at radius 2 is 1.65 bits per heavy atom. The van der Waals surface area contributed by atoms with Gasteiger partial charge >= 0.3 is 5.97 Å². The number of benzene rings is 1. The van der Waals surface area contributed by atoms with Crippen molar-refractivity contribution in [3.05, 3.63) is 58.2 Å². The predicted octanol–water partition coefficient (Wildman–Crippen LogP) is 5.31. The molecule has 2 N–H and O–H groups in total. The number of hydrogen-bond acceptors (Lipinski definition) is 2. The molecule has 2 aliphatic rings. The highest BCUT2D eigenvalue weighted by molar-refractivity contribution is 5.89. The van der Waals surface area contributed by atoms with Gasteiger partial charge in [0.2, 0.25) is 0 Å². The van der Waals surface area contributed by atoms with Crippen LogP contribution < -0.4 is 0 Å². The van der Waals surface area contributed by atoms with Crippen LogP contribution in [-0.2, 0) is 6.61 Å². The van der Waals surface area contributed by atoms with Gasteiger partial charge in [-0.15, -0.1) is 0 Å². The Morgan fingerprint density at radius 1 is 1.08 bits per heavy atom. The molecule has 0 amide bonds. The van der Waals surface area contributed by atoms with Crippen molar-refractivity contribution in [1.29, 1.82) is 0 Å². The lowest BCUT2D eigenvalue weighted by Crippen LogP contribution is -2.33. The van der Waals surface area contributed by atoms with Crippen LogP contribution >= 0.6 is 0 Å². The highest BCUT2D eigenvalue weighted by Crippen LogP contribution is 2.54. The van der Waals surface area contributed by atoms with Crippen molar-refractivity contribution in [1.82, 2.24) is 0 Å². The zero-order valence-electron chi connectivity index (χ0n) is 16.5. The van der Waals surface area contributed by atoms with E-state index in [1.54, 1.807) is 6.07 Å². The number of carboxylic acid groups (broad SMARTS) is 1. The number of aromatic carboxylic acids is 1. The van der Waals surface area contributed by atoms with Gasteiger partial charge in [0, 0.05) is 10.8 Å². The SMILES string of the molecule is CC1CC2=C(CC1c1cccc(C(=O)O)c1CO)C(C)(C)C=CC2(C)C. The minimum absolute atomic E-state index is 0.0209. The number of carboxylic acids is 1. The van der Waals surface area contributed by atoms with Crippen molar-refractivity contribution in [2.24, 2.45) is 16.7 Å². The van der Waals surface area contributed by atoms with Crippen molar-refractivity contribution >= 4 is 5.97 Å². The van der Waals surface area contributed by atoms with Crippen LogP contribution in [0.4, 0.5) is 0 Å². The summed E-state index contributed by atoms with van der Waals surface area (Å²) in [5, 5.41) is 19.4. The maximum Gasteiger partial charge on any atom is 0.336 e. The lowest BCUT2D eigenvalue weighted by atomic mass is 9.58. The van der Waals surface area contributed by atoms with Crippen molar-refractivity contribution < 1.29 is 15.0 Å². The monoisotopic (exact) mass is 354 g/mol. The first-order valence-corrected chi connectivity index (χ1v) is 9.48. The molecule has 26 heavy (non-hydrogen) atoms. The van der Waals surface area contributed by atoms with Crippen LogP contribution in [0.25, 0.3) is 0 Å². The van der Waals surface area contributed by atoms with Gasteiger partial charge in [-0.1, -0.05) is 70.0 Å². The number of aliphatic hydroxyl groups excluding tert-OH is 1. The molecule has 0 saturated carbocycles. The smallest absolute Gasteiger partial charge is 0.336 e. The zero-order chi connectivity index (χ0) is 19.3. The molecule has 0 spiro atoms. The van der Waals surface area contributed by atoms with Crippen LogP contribution in [-0.4, -0.2) is 16.2 Å². The number of carbonyl (C=O) groups is 1. The Morgan fingerprint density at radius 3 is 2.19 bits per heavy atom. The Balaban J connectivity index is 2.09. The average Bonchev–Trinajstić information content (AvgIpc) is 2.58. The van der Waals surface area contributed by atoms with Crippen molar-refractivity contribution in [2.45, 2.75) is 60.0 Å². The zero-order valence-corrected chi connectivity index (χ0v) is 16.5. The second kappa shape index (κ2) is 6.38. The fourth-order valence-corrected chi connectivity index (χ4v) is 4.80. The standard InChI is InChI=1S/C23H30O3/c1-14-11-19-20(23(4,5)10-9-22(19,2)3)12-17(14)15-7-6-8-16(21(25)26)18(15)13-24/h6-10,14,17,24H,11-13H2,1-5H3,(H,25,26). The predicted molar refractivity (Wildman–Crippen MR) is 104 cm³/mol. The van der Waals surface area contributed by atoms with Gasteiger partial charge in [-0.05, 0) is 41.9 Å². The lowest BCUT2D eigenvalue weighted by Gasteiger charge is -2.46. The molecule has 2 unspecified atom stereocenters. The first-order chi connectivity index (χ1) is 12.1. The minimum Gasteiger partial charge on any atom is -0.478 e. The Bertz CT molecular complexity index is 796. The molecule has 0 saturated heterocycles. The third-order valence-corrected chi connectivity index (χ3v) is 6.47. The molecule has 0 fully saturated rings. The van der Waals surface area contributed by atoms with Gasteiger partial charge in [0.05, 0.1) is 12.2 Å². The van der Waals surface area contributed by atoms with Crippen LogP contribution in [0.15, 0.2) is 41.5 Å². The van der Waals surface area contributed by atoms with E-state index in [-0.39, 0.29) is 28.9 Å². The van der Waals surface area contributed by atoms with Gasteiger partial charge in [-0.25, -0.2) is 4.79 Å². The summed E-state index contributed by atoms with van der Waals surface area (Å²) in [5.41, 5.74) is 4.91. The highest BCUT2D eigenvalue weighted by Gasteiger charge is 2.41. The largest absolute Gasteiger partial charge is 0.478 e. The molecule has 0 aromatic heterocycles. The molecule has 0 radical (unpaired) electrons. The van der Waals surface area contributed by atoms with Crippen LogP contribution in [0.5, 0.6) is 0 Å². The van der Waals surface area contributed by atoms with Crippen molar-refractivity contribution in [2.75, 3.05) is 0 Å². The number of allylic oxidation sites excluding steroid dienone is 4. The normalized spacial score (nSPS) is 26.5. The van der Waals surface area contributed by atoms with E-state index < -0.39 is 5.97 Å². The van der Waals surface area contributed by atoms with E-state index in [9.17, 15) is 15.0 Å². The Labute approximate surface area is 156 Å². The topological polar surface area (TPSA) is 57.5 Å². The first kappa shape index (κ1) is 18.9. The molecule has 1 aromatic carbocycles. The molecule has 0 aliphatic heterocycles.